The van der Waals surface area contributed by atoms with Crippen molar-refractivity contribution in [1.82, 2.24) is 0 Å². The molecule has 0 heterocycles. The van der Waals surface area contributed by atoms with Crippen molar-refractivity contribution in [1.29, 1.82) is 0 Å². The Morgan fingerprint density at radius 3 is 2.60 bits per heavy atom. The number of hydrogen-bond donors (Lipinski definition) is 1. The highest BCUT2D eigenvalue weighted by Crippen LogP contribution is 2.29. The third-order valence-electron chi connectivity index (χ3n) is 3.02. The molecule has 1 atom stereocenters. The van der Waals surface area contributed by atoms with Crippen LogP contribution in [-0.2, 0) is 16.3 Å². The van der Waals surface area contributed by atoms with E-state index in [2.05, 4.69) is 15.9 Å². The van der Waals surface area contributed by atoms with Gasteiger partial charge < -0.3 is 10.5 Å². The molecule has 0 aliphatic carbocycles. The van der Waals surface area contributed by atoms with E-state index in [0.29, 0.717) is 6.42 Å². The van der Waals surface area contributed by atoms with E-state index in [1.807, 2.05) is 26.0 Å². The molecule has 0 radical (unpaired) electrons. The summed E-state index contributed by atoms with van der Waals surface area (Å²) in [7, 11) is -3.01. The number of nitrogens with two attached hydrogens (primary N) is 1. The zero-order valence-electron chi connectivity index (χ0n) is 12.1. The molecule has 0 amide bonds. The molecule has 0 spiro atoms. The predicted octanol–water partition coefficient (Wildman–Crippen LogP) is 2.46. The number of hydrogen-bond acceptors (Lipinski definition) is 4. The molecule has 0 aromatic heterocycles. The lowest BCUT2D eigenvalue weighted by atomic mass is 10.0. The van der Waals surface area contributed by atoms with Crippen LogP contribution in [0.3, 0.4) is 0 Å². The first-order chi connectivity index (χ1) is 9.23. The minimum atomic E-state index is -3.01. The Morgan fingerprint density at radius 1 is 1.40 bits per heavy atom. The van der Waals surface area contributed by atoms with E-state index < -0.39 is 9.84 Å². The van der Waals surface area contributed by atoms with Crippen LogP contribution in [0.25, 0.3) is 0 Å². The van der Waals surface area contributed by atoms with E-state index in [4.69, 9.17) is 10.5 Å². The minimum Gasteiger partial charge on any atom is -0.492 e. The highest BCUT2D eigenvalue weighted by Gasteiger charge is 2.13. The predicted molar refractivity (Wildman–Crippen MR) is 86.1 cm³/mol. The molecule has 0 aliphatic heterocycles. The molecule has 20 heavy (non-hydrogen) atoms. The van der Waals surface area contributed by atoms with Gasteiger partial charge in [0.2, 0.25) is 0 Å². The van der Waals surface area contributed by atoms with Gasteiger partial charge in [-0.25, -0.2) is 8.42 Å². The molecule has 2 N–H and O–H groups in total. The van der Waals surface area contributed by atoms with Crippen molar-refractivity contribution in [2.75, 3.05) is 18.6 Å². The molecular weight excluding hydrogens is 342 g/mol. The summed E-state index contributed by atoms with van der Waals surface area (Å²) in [5.74, 6) is 0.766. The van der Waals surface area contributed by atoms with E-state index in [1.165, 1.54) is 6.26 Å². The summed E-state index contributed by atoms with van der Waals surface area (Å²) in [6.45, 7) is 4.15. The van der Waals surface area contributed by atoms with Crippen molar-refractivity contribution in [2.45, 2.75) is 32.7 Å². The molecule has 0 fully saturated rings. The molecular formula is C14H22BrNO3S. The Hall–Kier alpha value is -0.590. The van der Waals surface area contributed by atoms with E-state index in [-0.39, 0.29) is 18.4 Å². The number of aryl methyl sites for hydroxylation is 1. The smallest absolute Gasteiger partial charge is 0.150 e. The fourth-order valence-electron chi connectivity index (χ4n) is 1.88. The second-order valence-corrected chi connectivity index (χ2v) is 8.24. The normalized spacial score (nSPS) is 13.2. The molecule has 0 bridgehead atoms. The summed E-state index contributed by atoms with van der Waals surface area (Å²) in [4.78, 5) is 0. The highest BCUT2D eigenvalue weighted by molar-refractivity contribution is 9.10. The summed E-state index contributed by atoms with van der Waals surface area (Å²) >= 11 is 3.47. The molecule has 1 aromatic rings. The van der Waals surface area contributed by atoms with Gasteiger partial charge in [-0.15, -0.1) is 0 Å². The van der Waals surface area contributed by atoms with Crippen LogP contribution < -0.4 is 10.5 Å². The summed E-state index contributed by atoms with van der Waals surface area (Å²) in [5, 5.41) is 0. The molecule has 0 saturated heterocycles. The van der Waals surface area contributed by atoms with Crippen molar-refractivity contribution in [3.63, 3.8) is 0 Å². The van der Waals surface area contributed by atoms with Crippen molar-refractivity contribution < 1.29 is 13.2 Å². The van der Waals surface area contributed by atoms with Gasteiger partial charge in [-0.3, -0.25) is 0 Å². The van der Waals surface area contributed by atoms with Crippen LogP contribution in [-0.4, -0.2) is 33.1 Å². The second-order valence-electron chi connectivity index (χ2n) is 5.06. The average Bonchev–Trinajstić information content (AvgIpc) is 2.30. The van der Waals surface area contributed by atoms with Gasteiger partial charge in [-0.05, 0) is 43.0 Å². The van der Waals surface area contributed by atoms with Crippen molar-refractivity contribution in [3.05, 3.63) is 27.7 Å². The lowest BCUT2D eigenvalue weighted by Gasteiger charge is -2.17. The van der Waals surface area contributed by atoms with Crippen LogP contribution in [0.4, 0.5) is 0 Å². The van der Waals surface area contributed by atoms with Gasteiger partial charge in [0.1, 0.15) is 12.4 Å². The van der Waals surface area contributed by atoms with Gasteiger partial charge >= 0.3 is 0 Å². The molecule has 0 saturated carbocycles. The number of benzene rings is 1. The third kappa shape index (κ3) is 5.81. The summed E-state index contributed by atoms with van der Waals surface area (Å²) in [5.41, 5.74) is 8.00. The monoisotopic (exact) mass is 363 g/mol. The Labute approximate surface area is 129 Å². The number of rotatable bonds is 7. The van der Waals surface area contributed by atoms with Gasteiger partial charge in [0.05, 0.1) is 5.75 Å². The highest BCUT2D eigenvalue weighted by atomic mass is 79.9. The Balaban J connectivity index is 2.92. The fourth-order valence-corrected chi connectivity index (χ4v) is 2.89. The average molecular weight is 364 g/mol. The van der Waals surface area contributed by atoms with E-state index in [9.17, 15) is 8.42 Å². The lowest BCUT2D eigenvalue weighted by molar-refractivity contribution is 0.334. The SMILES string of the molecule is CCC(N)Cc1cc(Br)cc(C)c1OCCS(C)(=O)=O. The quantitative estimate of drug-likeness (QED) is 0.807. The first-order valence-corrected chi connectivity index (χ1v) is 9.43. The Kier molecular flexibility index (Phi) is 6.48. The van der Waals surface area contributed by atoms with Crippen molar-refractivity contribution in [2.24, 2.45) is 5.73 Å². The largest absolute Gasteiger partial charge is 0.492 e. The topological polar surface area (TPSA) is 69.4 Å². The van der Waals surface area contributed by atoms with Gasteiger partial charge in [0, 0.05) is 16.8 Å². The van der Waals surface area contributed by atoms with Gasteiger partial charge in [-0.1, -0.05) is 22.9 Å². The Bertz CT molecular complexity index is 558. The zero-order chi connectivity index (χ0) is 15.3. The van der Waals surface area contributed by atoms with Gasteiger partial charge in [-0.2, -0.15) is 0 Å². The maximum absolute atomic E-state index is 11.2. The molecule has 1 aromatic carbocycles. The van der Waals surface area contributed by atoms with E-state index in [0.717, 1.165) is 27.8 Å². The summed E-state index contributed by atoms with van der Waals surface area (Å²) in [6.07, 6.45) is 2.80. The van der Waals surface area contributed by atoms with Crippen molar-refractivity contribution in [3.8, 4) is 5.75 Å². The summed E-state index contributed by atoms with van der Waals surface area (Å²) in [6, 6.07) is 4.01. The zero-order valence-corrected chi connectivity index (χ0v) is 14.6. The first kappa shape index (κ1) is 17.5. The van der Waals surface area contributed by atoms with Crippen LogP contribution in [0.1, 0.15) is 24.5 Å². The van der Waals surface area contributed by atoms with Crippen LogP contribution in [0.2, 0.25) is 0 Å². The van der Waals surface area contributed by atoms with Crippen LogP contribution in [0, 0.1) is 6.92 Å². The van der Waals surface area contributed by atoms with Crippen molar-refractivity contribution >= 4 is 25.8 Å². The maximum atomic E-state index is 11.2. The Morgan fingerprint density at radius 2 is 2.05 bits per heavy atom. The molecule has 1 unspecified atom stereocenters. The van der Waals surface area contributed by atoms with E-state index >= 15 is 0 Å². The van der Waals surface area contributed by atoms with E-state index in [1.54, 1.807) is 0 Å². The first-order valence-electron chi connectivity index (χ1n) is 6.58. The standard InChI is InChI=1S/C14H22BrNO3S/c1-4-13(16)9-11-8-12(15)7-10(2)14(11)19-5-6-20(3,17)18/h7-8,13H,4-6,9,16H2,1-3H3. The number of ether oxygens (including phenoxy) is 1. The maximum Gasteiger partial charge on any atom is 0.150 e. The van der Waals surface area contributed by atoms with Gasteiger partial charge in [0.15, 0.2) is 9.84 Å². The molecule has 0 aliphatic rings. The summed E-state index contributed by atoms with van der Waals surface area (Å²) < 4.78 is 29.0. The fraction of sp³-hybridized carbons (Fsp3) is 0.571. The third-order valence-corrected chi connectivity index (χ3v) is 4.39. The molecule has 1 rings (SSSR count). The number of halogens is 1. The van der Waals surface area contributed by atoms with Crippen LogP contribution in [0.5, 0.6) is 5.75 Å². The molecule has 6 heteroatoms. The molecule has 4 nitrogen and oxygen atoms in total. The molecule has 114 valence electrons. The minimum absolute atomic E-state index is 0.0157. The van der Waals surface area contributed by atoms with Gasteiger partial charge in [0.25, 0.3) is 0 Å². The van der Waals surface area contributed by atoms with Crippen LogP contribution >= 0.6 is 15.9 Å². The number of sulfone groups is 1. The second kappa shape index (κ2) is 7.43. The van der Waals surface area contributed by atoms with Crippen LogP contribution in [0.15, 0.2) is 16.6 Å². The lowest BCUT2D eigenvalue weighted by Crippen LogP contribution is -2.22.